The van der Waals surface area contributed by atoms with Crippen molar-refractivity contribution in [2.75, 3.05) is 6.61 Å². The summed E-state index contributed by atoms with van der Waals surface area (Å²) in [5, 5.41) is 9.01. The van der Waals surface area contributed by atoms with Crippen LogP contribution in [0.2, 0.25) is 0 Å². The Hall–Kier alpha value is -1.58. The van der Waals surface area contributed by atoms with Crippen LogP contribution >= 0.6 is 0 Å². The molecule has 2 atom stereocenters. The molecular formula is C12H16O4. The van der Waals surface area contributed by atoms with Crippen LogP contribution in [0.4, 0.5) is 0 Å². The Labute approximate surface area is 94.6 Å². The summed E-state index contributed by atoms with van der Waals surface area (Å²) < 4.78 is 5.32. The molecule has 1 rings (SSSR count). The van der Waals surface area contributed by atoms with Crippen LogP contribution in [-0.4, -0.2) is 24.0 Å². The Balaban J connectivity index is 2.82. The number of ether oxygens (including phenoxy) is 1. The summed E-state index contributed by atoms with van der Waals surface area (Å²) in [6.07, 6.45) is 3.47. The minimum absolute atomic E-state index is 0.227. The SMILES string of the molecule is C=CCOC(=CC=O)C1C(C(=O)O)C1(C)C. The van der Waals surface area contributed by atoms with Gasteiger partial charge in [-0.2, -0.15) is 0 Å². The van der Waals surface area contributed by atoms with Crippen molar-refractivity contribution in [1.82, 2.24) is 0 Å². The number of carboxylic acid groups (broad SMARTS) is 1. The summed E-state index contributed by atoms with van der Waals surface area (Å²) in [6.45, 7) is 7.49. The zero-order valence-electron chi connectivity index (χ0n) is 9.47. The van der Waals surface area contributed by atoms with Crippen molar-refractivity contribution in [3.63, 3.8) is 0 Å². The first-order valence-electron chi connectivity index (χ1n) is 5.08. The van der Waals surface area contributed by atoms with E-state index in [1.807, 2.05) is 13.8 Å². The van der Waals surface area contributed by atoms with Crippen molar-refractivity contribution >= 4 is 12.3 Å². The molecule has 4 nitrogen and oxygen atoms in total. The van der Waals surface area contributed by atoms with Gasteiger partial charge in [0.2, 0.25) is 0 Å². The summed E-state index contributed by atoms with van der Waals surface area (Å²) >= 11 is 0. The number of carboxylic acids is 1. The molecule has 0 aromatic heterocycles. The molecule has 1 aliphatic rings. The molecule has 0 aliphatic heterocycles. The zero-order valence-corrected chi connectivity index (χ0v) is 9.47. The Morgan fingerprint density at radius 1 is 1.50 bits per heavy atom. The fraction of sp³-hybridized carbons (Fsp3) is 0.500. The second-order valence-corrected chi connectivity index (χ2v) is 4.42. The number of carbonyl (C=O) groups excluding carboxylic acids is 1. The number of aldehydes is 1. The molecule has 88 valence electrons. The Kier molecular flexibility index (Phi) is 3.52. The maximum absolute atomic E-state index is 11.0. The van der Waals surface area contributed by atoms with E-state index in [1.54, 1.807) is 6.08 Å². The number of aliphatic carboxylic acids is 1. The molecule has 1 N–H and O–H groups in total. The molecule has 0 bridgehead atoms. The topological polar surface area (TPSA) is 63.6 Å². The third kappa shape index (κ3) is 2.15. The third-order valence-corrected chi connectivity index (χ3v) is 3.00. The lowest BCUT2D eigenvalue weighted by atomic mass is 10.1. The van der Waals surface area contributed by atoms with Crippen molar-refractivity contribution in [3.05, 3.63) is 24.5 Å². The van der Waals surface area contributed by atoms with Crippen molar-refractivity contribution < 1.29 is 19.4 Å². The van der Waals surface area contributed by atoms with Gasteiger partial charge in [-0.05, 0) is 5.41 Å². The highest BCUT2D eigenvalue weighted by Gasteiger charge is 2.64. The van der Waals surface area contributed by atoms with Crippen molar-refractivity contribution in [3.8, 4) is 0 Å². The molecule has 0 spiro atoms. The minimum Gasteiger partial charge on any atom is -0.493 e. The molecule has 4 heteroatoms. The molecular weight excluding hydrogens is 208 g/mol. The van der Waals surface area contributed by atoms with Gasteiger partial charge in [-0.1, -0.05) is 26.5 Å². The fourth-order valence-corrected chi connectivity index (χ4v) is 2.09. The van der Waals surface area contributed by atoms with Gasteiger partial charge in [0, 0.05) is 12.0 Å². The lowest BCUT2D eigenvalue weighted by Gasteiger charge is -2.08. The molecule has 0 aromatic carbocycles. The van der Waals surface area contributed by atoms with E-state index in [0.29, 0.717) is 12.0 Å². The van der Waals surface area contributed by atoms with Crippen LogP contribution in [0.3, 0.4) is 0 Å². The molecule has 16 heavy (non-hydrogen) atoms. The molecule has 0 radical (unpaired) electrons. The van der Waals surface area contributed by atoms with Gasteiger partial charge in [-0.3, -0.25) is 9.59 Å². The lowest BCUT2D eigenvalue weighted by Crippen LogP contribution is -2.04. The van der Waals surface area contributed by atoms with E-state index in [2.05, 4.69) is 6.58 Å². The molecule has 1 aliphatic carbocycles. The van der Waals surface area contributed by atoms with Gasteiger partial charge >= 0.3 is 5.97 Å². The Morgan fingerprint density at radius 2 is 2.12 bits per heavy atom. The van der Waals surface area contributed by atoms with Crippen molar-refractivity contribution in [2.45, 2.75) is 13.8 Å². The predicted octanol–water partition coefficient (Wildman–Crippen LogP) is 1.63. The quantitative estimate of drug-likeness (QED) is 0.322. The first-order chi connectivity index (χ1) is 7.46. The molecule has 0 amide bonds. The van der Waals surface area contributed by atoms with Gasteiger partial charge in [0.1, 0.15) is 18.7 Å². The van der Waals surface area contributed by atoms with Gasteiger partial charge in [0.15, 0.2) is 0 Å². The second-order valence-electron chi connectivity index (χ2n) is 4.42. The van der Waals surface area contributed by atoms with Crippen LogP contribution in [0.1, 0.15) is 13.8 Å². The number of allylic oxidation sites excluding steroid dienone is 2. The molecule has 0 heterocycles. The molecule has 1 fully saturated rings. The predicted molar refractivity (Wildman–Crippen MR) is 58.7 cm³/mol. The van der Waals surface area contributed by atoms with Crippen molar-refractivity contribution in [1.29, 1.82) is 0 Å². The summed E-state index contributed by atoms with van der Waals surface area (Å²) in [4.78, 5) is 21.4. The van der Waals surface area contributed by atoms with Crippen LogP contribution < -0.4 is 0 Å². The lowest BCUT2D eigenvalue weighted by molar-refractivity contribution is -0.139. The average molecular weight is 224 g/mol. The maximum Gasteiger partial charge on any atom is 0.307 e. The summed E-state index contributed by atoms with van der Waals surface area (Å²) in [7, 11) is 0. The normalized spacial score (nSPS) is 27.0. The molecule has 0 aromatic rings. The average Bonchev–Trinajstić information content (AvgIpc) is 2.76. The summed E-state index contributed by atoms with van der Waals surface area (Å²) in [5.74, 6) is -1.13. The molecule has 1 saturated carbocycles. The van der Waals surface area contributed by atoms with Gasteiger partial charge in [-0.15, -0.1) is 0 Å². The maximum atomic E-state index is 11.0. The fourth-order valence-electron chi connectivity index (χ4n) is 2.09. The van der Waals surface area contributed by atoms with Gasteiger partial charge in [-0.25, -0.2) is 0 Å². The van der Waals surface area contributed by atoms with Crippen LogP contribution in [0.25, 0.3) is 0 Å². The smallest absolute Gasteiger partial charge is 0.307 e. The highest BCUT2D eigenvalue weighted by molar-refractivity contribution is 5.77. The van der Waals surface area contributed by atoms with E-state index in [1.165, 1.54) is 6.08 Å². The van der Waals surface area contributed by atoms with E-state index < -0.39 is 11.9 Å². The van der Waals surface area contributed by atoms with Gasteiger partial charge in [0.25, 0.3) is 0 Å². The largest absolute Gasteiger partial charge is 0.493 e. The number of hydrogen-bond acceptors (Lipinski definition) is 3. The second kappa shape index (κ2) is 4.51. The van der Waals surface area contributed by atoms with E-state index in [0.717, 1.165) is 0 Å². The Bertz CT molecular complexity index is 341. The van der Waals surface area contributed by atoms with Crippen LogP contribution in [0.5, 0.6) is 0 Å². The van der Waals surface area contributed by atoms with Crippen LogP contribution in [-0.2, 0) is 14.3 Å². The molecule has 0 saturated heterocycles. The first-order valence-corrected chi connectivity index (χ1v) is 5.08. The van der Waals surface area contributed by atoms with Crippen molar-refractivity contribution in [2.24, 2.45) is 17.3 Å². The summed E-state index contributed by atoms with van der Waals surface area (Å²) in [5.41, 5.74) is -0.359. The monoisotopic (exact) mass is 224 g/mol. The van der Waals surface area contributed by atoms with Crippen LogP contribution in [0, 0.1) is 17.3 Å². The highest BCUT2D eigenvalue weighted by Crippen LogP contribution is 2.61. The zero-order chi connectivity index (χ0) is 12.3. The van der Waals surface area contributed by atoms with E-state index in [4.69, 9.17) is 9.84 Å². The molecule has 2 unspecified atom stereocenters. The number of rotatable bonds is 6. The van der Waals surface area contributed by atoms with Crippen LogP contribution in [0.15, 0.2) is 24.5 Å². The van der Waals surface area contributed by atoms with E-state index in [9.17, 15) is 9.59 Å². The third-order valence-electron chi connectivity index (χ3n) is 3.00. The van der Waals surface area contributed by atoms with Gasteiger partial charge in [0.05, 0.1) is 5.92 Å². The van der Waals surface area contributed by atoms with E-state index >= 15 is 0 Å². The van der Waals surface area contributed by atoms with Gasteiger partial charge < -0.3 is 9.84 Å². The summed E-state index contributed by atoms with van der Waals surface area (Å²) in [6, 6.07) is 0. The Morgan fingerprint density at radius 3 is 2.50 bits per heavy atom. The number of carbonyl (C=O) groups is 2. The standard InChI is InChI=1S/C12H16O4/c1-4-7-16-8(5-6-13)9-10(11(14)15)12(9,2)3/h4-6,9-10H,1,7H2,2-3H3,(H,14,15). The highest BCUT2D eigenvalue weighted by atomic mass is 16.5. The van der Waals surface area contributed by atoms with E-state index in [-0.39, 0.29) is 17.9 Å². The first kappa shape index (κ1) is 12.5. The number of hydrogen-bond donors (Lipinski definition) is 1. The minimum atomic E-state index is -0.853.